The lowest BCUT2D eigenvalue weighted by Crippen LogP contribution is -2.42. The molecule has 136 valence electrons. The minimum absolute atomic E-state index is 0. The van der Waals surface area contributed by atoms with Crippen LogP contribution in [0.5, 0.6) is 5.75 Å². The number of rotatable bonds is 5. The van der Waals surface area contributed by atoms with Crippen molar-refractivity contribution < 1.29 is 13.9 Å². The molecule has 1 aliphatic rings. The van der Waals surface area contributed by atoms with Crippen LogP contribution >= 0.6 is 12.4 Å². The molecule has 1 N–H and O–H groups in total. The van der Waals surface area contributed by atoms with Crippen LogP contribution < -0.4 is 15.7 Å². The maximum Gasteiger partial charge on any atom is 0.336 e. The van der Waals surface area contributed by atoms with Crippen molar-refractivity contribution >= 4 is 29.3 Å². The Hall–Kier alpha value is -2.05. The van der Waals surface area contributed by atoms with Crippen molar-refractivity contribution in [3.63, 3.8) is 0 Å². The smallest absolute Gasteiger partial charge is 0.336 e. The summed E-state index contributed by atoms with van der Waals surface area (Å²) >= 11 is 0. The number of halogens is 1. The summed E-state index contributed by atoms with van der Waals surface area (Å²) in [7, 11) is 1.96. The Morgan fingerprint density at radius 1 is 1.28 bits per heavy atom. The molecule has 1 aromatic heterocycles. The third kappa shape index (κ3) is 4.96. The zero-order chi connectivity index (χ0) is 16.9. The van der Waals surface area contributed by atoms with E-state index in [4.69, 9.17) is 9.15 Å². The molecule has 1 aliphatic heterocycles. The minimum Gasteiger partial charge on any atom is -0.484 e. The first kappa shape index (κ1) is 19.3. The zero-order valence-electron chi connectivity index (χ0n) is 14.2. The lowest BCUT2D eigenvalue weighted by molar-refractivity contribution is -0.134. The SMILES string of the molecule is CNCC1CCN(C(=O)COc2ccc3ccc(=O)oc3c2)CC1.Cl. The fourth-order valence-electron chi connectivity index (χ4n) is 3.04. The fourth-order valence-corrected chi connectivity index (χ4v) is 3.04. The van der Waals surface area contributed by atoms with Crippen LogP contribution in [0, 0.1) is 5.92 Å². The van der Waals surface area contributed by atoms with E-state index in [1.54, 1.807) is 24.3 Å². The number of likely N-dealkylation sites (tertiary alicyclic amines) is 1. The van der Waals surface area contributed by atoms with E-state index in [9.17, 15) is 9.59 Å². The predicted octanol–water partition coefficient (Wildman–Crippen LogP) is 2.05. The van der Waals surface area contributed by atoms with Crippen molar-refractivity contribution in [1.29, 1.82) is 0 Å². The molecule has 0 unspecified atom stereocenters. The first-order valence-electron chi connectivity index (χ1n) is 8.25. The number of hydrogen-bond acceptors (Lipinski definition) is 5. The van der Waals surface area contributed by atoms with Crippen LogP contribution in [0.4, 0.5) is 0 Å². The van der Waals surface area contributed by atoms with Crippen molar-refractivity contribution in [2.45, 2.75) is 12.8 Å². The van der Waals surface area contributed by atoms with E-state index in [0.717, 1.165) is 37.9 Å². The van der Waals surface area contributed by atoms with Gasteiger partial charge in [0.1, 0.15) is 11.3 Å². The predicted molar refractivity (Wildman–Crippen MR) is 98.5 cm³/mol. The summed E-state index contributed by atoms with van der Waals surface area (Å²) in [6.45, 7) is 2.56. The molecule has 0 bridgehead atoms. The Labute approximate surface area is 152 Å². The van der Waals surface area contributed by atoms with Gasteiger partial charge in [0.2, 0.25) is 0 Å². The van der Waals surface area contributed by atoms with E-state index in [1.807, 2.05) is 11.9 Å². The number of amides is 1. The van der Waals surface area contributed by atoms with Gasteiger partial charge in [0.25, 0.3) is 5.91 Å². The molecule has 2 aromatic rings. The number of carbonyl (C=O) groups is 1. The van der Waals surface area contributed by atoms with Gasteiger partial charge in [-0.1, -0.05) is 0 Å². The fraction of sp³-hybridized carbons (Fsp3) is 0.444. The van der Waals surface area contributed by atoms with Gasteiger partial charge in [0.15, 0.2) is 6.61 Å². The highest BCUT2D eigenvalue weighted by molar-refractivity contribution is 5.85. The Morgan fingerprint density at radius 3 is 2.72 bits per heavy atom. The molecular formula is C18H23ClN2O4. The number of piperidine rings is 1. The zero-order valence-corrected chi connectivity index (χ0v) is 15.0. The molecule has 0 radical (unpaired) electrons. The molecule has 25 heavy (non-hydrogen) atoms. The van der Waals surface area contributed by atoms with Crippen LogP contribution in [0.2, 0.25) is 0 Å². The van der Waals surface area contributed by atoms with Crippen molar-refractivity contribution in [2.24, 2.45) is 5.92 Å². The van der Waals surface area contributed by atoms with Gasteiger partial charge in [-0.25, -0.2) is 4.79 Å². The average molecular weight is 367 g/mol. The van der Waals surface area contributed by atoms with Crippen LogP contribution in [0.1, 0.15) is 12.8 Å². The Morgan fingerprint density at radius 2 is 2.00 bits per heavy atom. The van der Waals surface area contributed by atoms with Crippen molar-refractivity contribution in [3.05, 3.63) is 40.8 Å². The highest BCUT2D eigenvalue weighted by Crippen LogP contribution is 2.20. The normalized spacial score (nSPS) is 15.0. The average Bonchev–Trinajstić information content (AvgIpc) is 2.60. The number of benzene rings is 1. The summed E-state index contributed by atoms with van der Waals surface area (Å²) in [5, 5.41) is 4.01. The molecule has 2 heterocycles. The summed E-state index contributed by atoms with van der Waals surface area (Å²) in [5.74, 6) is 1.16. The van der Waals surface area contributed by atoms with Gasteiger partial charge >= 0.3 is 5.63 Å². The second-order valence-corrected chi connectivity index (χ2v) is 6.12. The molecule has 3 rings (SSSR count). The Kier molecular flexibility index (Phi) is 6.84. The molecule has 0 saturated carbocycles. The molecule has 6 nitrogen and oxygen atoms in total. The highest BCUT2D eigenvalue weighted by Gasteiger charge is 2.22. The minimum atomic E-state index is -0.403. The first-order valence-corrected chi connectivity index (χ1v) is 8.25. The van der Waals surface area contributed by atoms with Crippen molar-refractivity contribution in [3.8, 4) is 5.75 Å². The highest BCUT2D eigenvalue weighted by atomic mass is 35.5. The van der Waals surface area contributed by atoms with Crippen molar-refractivity contribution in [1.82, 2.24) is 10.2 Å². The van der Waals surface area contributed by atoms with E-state index in [-0.39, 0.29) is 24.9 Å². The molecule has 1 fully saturated rings. The molecule has 1 amide bonds. The van der Waals surface area contributed by atoms with Gasteiger partial charge in [-0.15, -0.1) is 12.4 Å². The van der Waals surface area contributed by atoms with Gasteiger partial charge in [-0.3, -0.25) is 4.79 Å². The third-order valence-electron chi connectivity index (χ3n) is 4.42. The second kappa shape index (κ2) is 8.87. The van der Waals surface area contributed by atoms with E-state index in [0.29, 0.717) is 17.3 Å². The first-order chi connectivity index (χ1) is 11.7. The summed E-state index contributed by atoms with van der Waals surface area (Å²) in [6, 6.07) is 8.30. The largest absolute Gasteiger partial charge is 0.484 e. The van der Waals surface area contributed by atoms with Crippen LogP contribution in [-0.2, 0) is 4.79 Å². The third-order valence-corrected chi connectivity index (χ3v) is 4.42. The Bertz CT molecular complexity index is 769. The number of nitrogens with one attached hydrogen (secondary N) is 1. The van der Waals surface area contributed by atoms with Gasteiger partial charge in [-0.05, 0) is 50.6 Å². The molecular weight excluding hydrogens is 344 g/mol. The number of ether oxygens (including phenoxy) is 1. The maximum absolute atomic E-state index is 12.3. The summed E-state index contributed by atoms with van der Waals surface area (Å²) in [4.78, 5) is 25.4. The quantitative estimate of drug-likeness (QED) is 0.820. The standard InChI is InChI=1S/C18H22N2O4.ClH/c1-19-11-13-6-8-20(9-7-13)17(21)12-23-15-4-2-14-3-5-18(22)24-16(14)10-15;/h2-5,10,13,19H,6-9,11-12H2,1H3;1H. The number of carbonyl (C=O) groups excluding carboxylic acids is 1. The number of fused-ring (bicyclic) bond motifs is 1. The number of nitrogens with zero attached hydrogens (tertiary/aromatic N) is 1. The molecule has 1 aromatic carbocycles. The van der Waals surface area contributed by atoms with Crippen LogP contribution in [0.25, 0.3) is 11.0 Å². The van der Waals surface area contributed by atoms with Crippen LogP contribution in [0.15, 0.2) is 39.5 Å². The van der Waals surface area contributed by atoms with Gasteiger partial charge in [0.05, 0.1) is 0 Å². The van der Waals surface area contributed by atoms with Crippen LogP contribution in [0.3, 0.4) is 0 Å². The maximum atomic E-state index is 12.3. The molecule has 0 aliphatic carbocycles. The van der Waals surface area contributed by atoms with Gasteiger partial charge in [-0.2, -0.15) is 0 Å². The summed E-state index contributed by atoms with van der Waals surface area (Å²) in [6.07, 6.45) is 2.04. The molecule has 0 spiro atoms. The topological polar surface area (TPSA) is 71.8 Å². The summed E-state index contributed by atoms with van der Waals surface area (Å²) in [5.41, 5.74) is 0.0560. The summed E-state index contributed by atoms with van der Waals surface area (Å²) < 4.78 is 10.7. The lowest BCUT2D eigenvalue weighted by atomic mass is 9.97. The second-order valence-electron chi connectivity index (χ2n) is 6.12. The number of hydrogen-bond donors (Lipinski definition) is 1. The van der Waals surface area contributed by atoms with E-state index in [1.165, 1.54) is 6.07 Å². The Balaban J connectivity index is 0.00000225. The van der Waals surface area contributed by atoms with E-state index < -0.39 is 5.63 Å². The van der Waals surface area contributed by atoms with E-state index >= 15 is 0 Å². The molecule has 1 saturated heterocycles. The van der Waals surface area contributed by atoms with Gasteiger partial charge < -0.3 is 19.4 Å². The van der Waals surface area contributed by atoms with Gasteiger partial charge in [0, 0.05) is 30.6 Å². The van der Waals surface area contributed by atoms with Crippen molar-refractivity contribution in [2.75, 3.05) is 33.3 Å². The van der Waals surface area contributed by atoms with E-state index in [2.05, 4.69) is 5.32 Å². The molecule has 7 heteroatoms. The lowest BCUT2D eigenvalue weighted by Gasteiger charge is -2.31. The monoisotopic (exact) mass is 366 g/mol. The molecule has 0 atom stereocenters. The van der Waals surface area contributed by atoms with Crippen LogP contribution in [-0.4, -0.2) is 44.1 Å².